The number of amides is 2. The predicted molar refractivity (Wildman–Crippen MR) is 132 cm³/mol. The van der Waals surface area contributed by atoms with E-state index in [2.05, 4.69) is 10.2 Å². The molecule has 0 spiro atoms. The van der Waals surface area contributed by atoms with E-state index in [0.717, 1.165) is 11.1 Å². The van der Waals surface area contributed by atoms with E-state index in [9.17, 15) is 9.59 Å². The van der Waals surface area contributed by atoms with Crippen LogP contribution >= 0.6 is 23.2 Å². The first-order valence-electron chi connectivity index (χ1n) is 11.0. The summed E-state index contributed by atoms with van der Waals surface area (Å²) in [7, 11) is 1.62. The zero-order valence-electron chi connectivity index (χ0n) is 19.5. The lowest BCUT2D eigenvalue weighted by atomic mass is 9.93. The van der Waals surface area contributed by atoms with Crippen molar-refractivity contribution in [2.24, 2.45) is 0 Å². The summed E-state index contributed by atoms with van der Waals surface area (Å²) in [4.78, 5) is 29.1. The zero-order chi connectivity index (χ0) is 24.2. The molecule has 0 aromatic heterocycles. The molecule has 1 aliphatic rings. The monoisotopic (exact) mass is 491 g/mol. The molecule has 1 aliphatic heterocycles. The Kier molecular flexibility index (Phi) is 8.27. The average molecular weight is 492 g/mol. The topological polar surface area (TPSA) is 61.9 Å². The number of nitrogens with one attached hydrogen (secondary N) is 1. The summed E-state index contributed by atoms with van der Waals surface area (Å²) in [5, 5.41) is 4.03. The van der Waals surface area contributed by atoms with Gasteiger partial charge in [-0.25, -0.2) is 4.79 Å². The molecule has 2 amide bonds. The van der Waals surface area contributed by atoms with Gasteiger partial charge >= 0.3 is 6.09 Å². The van der Waals surface area contributed by atoms with Crippen LogP contribution in [0.3, 0.4) is 0 Å². The lowest BCUT2D eigenvalue weighted by Gasteiger charge is -2.45. The van der Waals surface area contributed by atoms with Gasteiger partial charge in [0.25, 0.3) is 0 Å². The van der Waals surface area contributed by atoms with Gasteiger partial charge in [0, 0.05) is 49.2 Å². The van der Waals surface area contributed by atoms with E-state index < -0.39 is 5.60 Å². The summed E-state index contributed by atoms with van der Waals surface area (Å²) in [6.07, 6.45) is -0.105. The highest BCUT2D eigenvalue weighted by Crippen LogP contribution is 2.34. The zero-order valence-corrected chi connectivity index (χ0v) is 21.0. The Morgan fingerprint density at radius 2 is 1.52 bits per heavy atom. The molecule has 1 N–H and O–H groups in total. The molecule has 178 valence electrons. The second-order valence-electron chi connectivity index (χ2n) is 9.20. The molecule has 0 bridgehead atoms. The van der Waals surface area contributed by atoms with Gasteiger partial charge in [-0.15, -0.1) is 0 Å². The van der Waals surface area contributed by atoms with Crippen LogP contribution < -0.4 is 5.32 Å². The Morgan fingerprint density at radius 3 is 1.97 bits per heavy atom. The fraction of sp³-hybridized carbons (Fsp3) is 0.440. The standard InChI is InChI=1S/C25H31Cl2N3O3/c1-25(2,3)33-24(32)29-13-14-30(21(16-29)15-22(31)28-4)23(17-5-9-19(26)10-6-17)18-7-11-20(27)12-8-18/h5-12,21,23H,13-16H2,1-4H3,(H,28,31). The van der Waals surface area contributed by atoms with Gasteiger partial charge in [-0.3, -0.25) is 9.69 Å². The third-order valence-electron chi connectivity index (χ3n) is 5.58. The smallest absolute Gasteiger partial charge is 0.410 e. The van der Waals surface area contributed by atoms with E-state index in [1.807, 2.05) is 69.3 Å². The molecule has 2 aromatic carbocycles. The fourth-order valence-electron chi connectivity index (χ4n) is 4.06. The number of hydrogen-bond acceptors (Lipinski definition) is 4. The molecule has 2 aromatic rings. The first kappa shape index (κ1) is 25.3. The normalized spacial score (nSPS) is 17.2. The molecular weight excluding hydrogens is 461 g/mol. The van der Waals surface area contributed by atoms with Crippen molar-refractivity contribution >= 4 is 35.2 Å². The quantitative estimate of drug-likeness (QED) is 0.628. The van der Waals surface area contributed by atoms with Gasteiger partial charge in [-0.1, -0.05) is 47.5 Å². The van der Waals surface area contributed by atoms with Crippen molar-refractivity contribution in [3.63, 3.8) is 0 Å². The highest BCUT2D eigenvalue weighted by molar-refractivity contribution is 6.30. The Balaban J connectivity index is 1.96. The van der Waals surface area contributed by atoms with Crippen molar-refractivity contribution in [1.29, 1.82) is 0 Å². The molecule has 3 rings (SSSR count). The van der Waals surface area contributed by atoms with Gasteiger partial charge in [-0.05, 0) is 56.2 Å². The number of piperazine rings is 1. The first-order valence-corrected chi connectivity index (χ1v) is 11.8. The minimum atomic E-state index is -0.584. The molecule has 8 heteroatoms. The van der Waals surface area contributed by atoms with Crippen molar-refractivity contribution in [3.05, 3.63) is 69.7 Å². The van der Waals surface area contributed by atoms with Crippen LogP contribution in [0, 0.1) is 0 Å². The average Bonchev–Trinajstić information content (AvgIpc) is 2.76. The number of carbonyl (C=O) groups excluding carboxylic acids is 2. The Morgan fingerprint density at radius 1 is 1.00 bits per heavy atom. The van der Waals surface area contributed by atoms with Crippen LogP contribution in [0.25, 0.3) is 0 Å². The van der Waals surface area contributed by atoms with Gasteiger partial charge in [-0.2, -0.15) is 0 Å². The summed E-state index contributed by atoms with van der Waals surface area (Å²) < 4.78 is 5.59. The minimum absolute atomic E-state index is 0.0815. The summed E-state index contributed by atoms with van der Waals surface area (Å²) in [5.41, 5.74) is 1.52. The molecule has 33 heavy (non-hydrogen) atoms. The first-order chi connectivity index (χ1) is 15.6. The molecule has 0 saturated carbocycles. The highest BCUT2D eigenvalue weighted by atomic mass is 35.5. The van der Waals surface area contributed by atoms with E-state index in [1.165, 1.54) is 0 Å². The molecule has 1 unspecified atom stereocenters. The van der Waals surface area contributed by atoms with Gasteiger partial charge in [0.15, 0.2) is 0 Å². The van der Waals surface area contributed by atoms with Crippen LogP contribution in [0.1, 0.15) is 44.4 Å². The number of hydrogen-bond donors (Lipinski definition) is 1. The Labute approximate surface area is 205 Å². The summed E-state index contributed by atoms with van der Waals surface area (Å²) in [6, 6.07) is 15.1. The Hall–Kier alpha value is -2.28. The van der Waals surface area contributed by atoms with Crippen LogP contribution in [0.4, 0.5) is 4.79 Å². The molecule has 6 nitrogen and oxygen atoms in total. The third-order valence-corrected chi connectivity index (χ3v) is 6.09. The third kappa shape index (κ3) is 6.85. The van der Waals surface area contributed by atoms with E-state index >= 15 is 0 Å². The van der Waals surface area contributed by atoms with Crippen molar-refractivity contribution in [1.82, 2.24) is 15.1 Å². The minimum Gasteiger partial charge on any atom is -0.444 e. The molecule has 0 radical (unpaired) electrons. The molecule has 0 aliphatic carbocycles. The largest absolute Gasteiger partial charge is 0.444 e. The van der Waals surface area contributed by atoms with Crippen LogP contribution in [-0.4, -0.2) is 60.1 Å². The second-order valence-corrected chi connectivity index (χ2v) is 10.1. The molecule has 1 heterocycles. The maximum absolute atomic E-state index is 12.8. The maximum atomic E-state index is 12.8. The summed E-state index contributed by atoms with van der Waals surface area (Å²) >= 11 is 12.3. The predicted octanol–water partition coefficient (Wildman–Crippen LogP) is 5.14. The molecule has 1 atom stereocenters. The molecular formula is C25H31Cl2N3O3. The van der Waals surface area contributed by atoms with Crippen molar-refractivity contribution in [3.8, 4) is 0 Å². The van der Waals surface area contributed by atoms with Crippen molar-refractivity contribution in [2.45, 2.75) is 44.9 Å². The van der Waals surface area contributed by atoms with E-state index in [1.54, 1.807) is 11.9 Å². The SMILES string of the molecule is CNC(=O)CC1CN(C(=O)OC(C)(C)C)CCN1C(c1ccc(Cl)cc1)c1ccc(Cl)cc1. The van der Waals surface area contributed by atoms with Crippen LogP contribution in [0.5, 0.6) is 0 Å². The fourth-order valence-corrected chi connectivity index (χ4v) is 4.32. The van der Waals surface area contributed by atoms with E-state index in [0.29, 0.717) is 29.7 Å². The molecule has 1 saturated heterocycles. The van der Waals surface area contributed by atoms with Gasteiger partial charge < -0.3 is 15.0 Å². The van der Waals surface area contributed by atoms with Crippen molar-refractivity contribution < 1.29 is 14.3 Å². The second kappa shape index (κ2) is 10.8. The van der Waals surface area contributed by atoms with E-state index in [4.69, 9.17) is 27.9 Å². The lowest BCUT2D eigenvalue weighted by Crippen LogP contribution is -2.57. The number of halogens is 2. The summed E-state index contributed by atoms with van der Waals surface area (Å²) in [5.74, 6) is -0.0815. The van der Waals surface area contributed by atoms with E-state index in [-0.39, 0.29) is 30.5 Å². The summed E-state index contributed by atoms with van der Waals surface area (Å²) in [6.45, 7) is 7.01. The number of rotatable bonds is 5. The number of nitrogens with zero attached hydrogens (tertiary/aromatic N) is 2. The Bertz CT molecular complexity index is 913. The van der Waals surface area contributed by atoms with Gasteiger partial charge in [0.05, 0.1) is 6.04 Å². The highest BCUT2D eigenvalue weighted by Gasteiger charge is 2.37. The maximum Gasteiger partial charge on any atom is 0.410 e. The van der Waals surface area contributed by atoms with Crippen LogP contribution in [0.15, 0.2) is 48.5 Å². The van der Waals surface area contributed by atoms with Crippen LogP contribution in [0.2, 0.25) is 10.0 Å². The van der Waals surface area contributed by atoms with Crippen molar-refractivity contribution in [2.75, 3.05) is 26.7 Å². The van der Waals surface area contributed by atoms with Crippen LogP contribution in [-0.2, 0) is 9.53 Å². The van der Waals surface area contributed by atoms with Gasteiger partial charge in [0.2, 0.25) is 5.91 Å². The molecule has 1 fully saturated rings. The van der Waals surface area contributed by atoms with Gasteiger partial charge in [0.1, 0.15) is 5.60 Å². The number of benzene rings is 2. The number of carbonyl (C=O) groups is 2. The number of ether oxygens (including phenoxy) is 1. The lowest BCUT2D eigenvalue weighted by molar-refractivity contribution is -0.122.